The van der Waals surface area contributed by atoms with Crippen LogP contribution in [-0.2, 0) is 24.0 Å². The Morgan fingerprint density at radius 1 is 1.11 bits per heavy atom. The fraction of sp³-hybridized carbons (Fsp3) is 0.267. The van der Waals surface area contributed by atoms with Gasteiger partial charge in [-0.3, -0.25) is 28.9 Å². The number of rotatable bonds is 11. The van der Waals surface area contributed by atoms with Crippen LogP contribution in [0, 0.1) is 6.92 Å². The molecule has 4 amide bonds. The molecule has 17 heteroatoms. The summed E-state index contributed by atoms with van der Waals surface area (Å²) in [6.07, 6.45) is 0. The maximum atomic E-state index is 13.8. The van der Waals surface area contributed by atoms with Gasteiger partial charge >= 0.3 is 11.9 Å². The minimum Gasteiger partial charge on any atom is -0.477 e. The number of nitrogens with one attached hydrogen (secondary N) is 3. The van der Waals surface area contributed by atoms with Gasteiger partial charge in [-0.15, -0.1) is 22.0 Å². The molecule has 3 atom stereocenters. The zero-order chi connectivity index (χ0) is 33.8. The maximum absolute atomic E-state index is 13.8. The molecule has 244 valence electrons. The SMILES string of the molecule is CC(=O)Nc1ccc(OC(C)=O)c(C(=O)N[C@H](C(=O)NC2C(=O)N3C(C(=O)O)=C(CSc4nnc(C)s4)CS[C@@H]23)c2ccccc2)c1. The molecule has 47 heavy (non-hydrogen) atoms. The molecule has 0 saturated carbocycles. The predicted molar refractivity (Wildman–Crippen MR) is 174 cm³/mol. The Kier molecular flexibility index (Phi) is 10.3. The van der Waals surface area contributed by atoms with Gasteiger partial charge in [0.15, 0.2) is 4.34 Å². The number of nitrogens with zero attached hydrogens (tertiary/aromatic N) is 3. The van der Waals surface area contributed by atoms with Gasteiger partial charge in [-0.2, -0.15) is 0 Å². The molecule has 0 spiro atoms. The average Bonchev–Trinajstić information content (AvgIpc) is 3.45. The molecule has 0 radical (unpaired) electrons. The van der Waals surface area contributed by atoms with E-state index in [1.807, 2.05) is 6.92 Å². The number of ether oxygens (including phenoxy) is 1. The van der Waals surface area contributed by atoms with Crippen molar-refractivity contribution < 1.29 is 38.6 Å². The van der Waals surface area contributed by atoms with Crippen molar-refractivity contribution in [2.24, 2.45) is 0 Å². The molecule has 5 rings (SSSR count). The van der Waals surface area contributed by atoms with Gasteiger partial charge in [-0.05, 0) is 36.3 Å². The van der Waals surface area contributed by atoms with Crippen molar-refractivity contribution in [1.29, 1.82) is 0 Å². The molecule has 14 nitrogen and oxygen atoms in total. The monoisotopic (exact) mass is 696 g/mol. The van der Waals surface area contributed by atoms with Gasteiger partial charge in [0, 0.05) is 31.0 Å². The van der Waals surface area contributed by atoms with Crippen LogP contribution < -0.4 is 20.7 Å². The minimum atomic E-state index is -1.30. The van der Waals surface area contributed by atoms with Crippen LogP contribution in [0.1, 0.15) is 40.8 Å². The molecule has 4 N–H and O–H groups in total. The highest BCUT2D eigenvalue weighted by molar-refractivity contribution is 8.01. The predicted octanol–water partition coefficient (Wildman–Crippen LogP) is 2.73. The highest BCUT2D eigenvalue weighted by Crippen LogP contribution is 2.42. The quantitative estimate of drug-likeness (QED) is 0.0992. The van der Waals surface area contributed by atoms with Gasteiger partial charge in [0.1, 0.15) is 33.9 Å². The van der Waals surface area contributed by atoms with Crippen LogP contribution in [-0.4, -0.2) is 78.7 Å². The van der Waals surface area contributed by atoms with Gasteiger partial charge < -0.3 is 25.8 Å². The lowest BCUT2D eigenvalue weighted by atomic mass is 10.0. The van der Waals surface area contributed by atoms with E-state index in [-0.39, 0.29) is 22.7 Å². The second-order valence-electron chi connectivity index (χ2n) is 10.3. The lowest BCUT2D eigenvalue weighted by Crippen LogP contribution is -2.71. The van der Waals surface area contributed by atoms with Crippen LogP contribution in [0.5, 0.6) is 5.75 Å². The number of anilines is 1. The van der Waals surface area contributed by atoms with Crippen molar-refractivity contribution in [2.75, 3.05) is 16.8 Å². The van der Waals surface area contributed by atoms with Crippen molar-refractivity contribution in [3.63, 3.8) is 0 Å². The van der Waals surface area contributed by atoms with Crippen LogP contribution >= 0.6 is 34.9 Å². The normalized spacial score (nSPS) is 17.6. The molecule has 3 heterocycles. The molecule has 2 aliphatic heterocycles. The summed E-state index contributed by atoms with van der Waals surface area (Å²) in [5.74, 6) is -3.92. The third-order valence-corrected chi connectivity index (χ3v) is 10.3. The second kappa shape index (κ2) is 14.4. The first kappa shape index (κ1) is 33.6. The Hall–Kier alpha value is -4.74. The van der Waals surface area contributed by atoms with Crippen molar-refractivity contribution in [1.82, 2.24) is 25.7 Å². The Balaban J connectivity index is 1.36. The topological polar surface area (TPSA) is 197 Å². The lowest BCUT2D eigenvalue weighted by molar-refractivity contribution is -0.151. The lowest BCUT2D eigenvalue weighted by Gasteiger charge is -2.49. The van der Waals surface area contributed by atoms with E-state index < -0.39 is 53.0 Å². The summed E-state index contributed by atoms with van der Waals surface area (Å²) in [6, 6.07) is 10.0. The number of aromatic nitrogens is 2. The third kappa shape index (κ3) is 7.64. The van der Waals surface area contributed by atoms with Gasteiger partial charge in [-0.25, -0.2) is 4.79 Å². The number of thioether (sulfide) groups is 2. The van der Waals surface area contributed by atoms with Crippen LogP contribution in [0.25, 0.3) is 0 Å². The Morgan fingerprint density at radius 3 is 2.49 bits per heavy atom. The van der Waals surface area contributed by atoms with E-state index in [1.54, 1.807) is 30.3 Å². The number of aryl methyl sites for hydroxylation is 1. The van der Waals surface area contributed by atoms with Crippen LogP contribution in [0.15, 0.2) is 64.1 Å². The molecular weight excluding hydrogens is 669 g/mol. The highest BCUT2D eigenvalue weighted by atomic mass is 32.2. The zero-order valence-corrected chi connectivity index (χ0v) is 27.6. The first-order valence-electron chi connectivity index (χ1n) is 14.0. The van der Waals surface area contributed by atoms with Gasteiger partial charge in [0.05, 0.1) is 5.56 Å². The third-order valence-electron chi connectivity index (χ3n) is 6.89. The summed E-state index contributed by atoms with van der Waals surface area (Å²) < 4.78 is 5.88. The van der Waals surface area contributed by atoms with E-state index in [2.05, 4.69) is 26.1 Å². The number of β-lactam (4-membered cyclic amide) rings is 1. The number of carboxylic acid groups (broad SMARTS) is 1. The van der Waals surface area contributed by atoms with E-state index in [0.29, 0.717) is 27.0 Å². The largest absolute Gasteiger partial charge is 0.477 e. The number of aliphatic carboxylic acids is 1. The number of carboxylic acids is 1. The maximum Gasteiger partial charge on any atom is 0.352 e. The van der Waals surface area contributed by atoms with E-state index in [4.69, 9.17) is 4.74 Å². The number of hydrogen-bond acceptors (Lipinski definition) is 12. The van der Waals surface area contributed by atoms with Crippen LogP contribution in [0.2, 0.25) is 0 Å². The highest BCUT2D eigenvalue weighted by Gasteiger charge is 2.54. The number of carbonyl (C=O) groups excluding carboxylic acids is 5. The zero-order valence-electron chi connectivity index (χ0n) is 25.1. The fourth-order valence-electron chi connectivity index (χ4n) is 4.90. The standard InChI is InChI=1S/C30H28N6O8S3/c1-14(37)31-19-9-10-21(44-16(3)38)20(11-19)25(39)32-22(17-7-5-4-6-8-17)26(40)33-23-27(41)36-24(29(42)43)18(12-45-28(23)36)13-46-30-35-34-15(2)47-30/h4-11,22-23,28H,12-13H2,1-3H3,(H,31,37)(H,32,39)(H,33,40)(H,42,43)/t22-,23?,28-/m0/s1. The number of carbonyl (C=O) groups is 6. The summed E-state index contributed by atoms with van der Waals surface area (Å²) >= 11 is 4.04. The number of fused-ring (bicyclic) bond motifs is 1. The Morgan fingerprint density at radius 2 is 1.85 bits per heavy atom. The number of benzene rings is 2. The van der Waals surface area contributed by atoms with E-state index in [0.717, 1.165) is 11.9 Å². The number of amides is 4. The molecule has 0 bridgehead atoms. The van der Waals surface area contributed by atoms with E-state index >= 15 is 0 Å². The molecule has 1 aromatic heterocycles. The van der Waals surface area contributed by atoms with Gasteiger partial charge in [0.25, 0.3) is 11.8 Å². The van der Waals surface area contributed by atoms with Crippen LogP contribution in [0.3, 0.4) is 0 Å². The summed E-state index contributed by atoms with van der Waals surface area (Å²) in [6.45, 7) is 4.27. The van der Waals surface area contributed by atoms with E-state index in [9.17, 15) is 33.9 Å². The second-order valence-corrected chi connectivity index (χ2v) is 13.8. The molecular formula is C30H28N6O8S3. The van der Waals surface area contributed by atoms with Crippen molar-refractivity contribution in [2.45, 2.75) is 42.6 Å². The number of esters is 1. The molecule has 3 aromatic rings. The molecule has 1 saturated heterocycles. The van der Waals surface area contributed by atoms with Gasteiger partial charge in [0.2, 0.25) is 11.8 Å². The average molecular weight is 697 g/mol. The summed E-state index contributed by atoms with van der Waals surface area (Å²) in [5.41, 5.74) is 0.950. The summed E-state index contributed by atoms with van der Waals surface area (Å²) in [5, 5.41) is 26.0. The fourth-order valence-corrected chi connectivity index (χ4v) is 8.20. The molecule has 0 aliphatic carbocycles. The Labute approximate surface area is 280 Å². The number of hydrogen-bond donors (Lipinski definition) is 4. The first-order valence-corrected chi connectivity index (χ1v) is 16.9. The van der Waals surface area contributed by atoms with Crippen molar-refractivity contribution >= 4 is 76.1 Å². The molecule has 1 unspecified atom stereocenters. The van der Waals surface area contributed by atoms with Gasteiger partial charge in [-0.1, -0.05) is 53.4 Å². The minimum absolute atomic E-state index is 0.0945. The molecule has 1 fully saturated rings. The Bertz CT molecular complexity index is 1800. The van der Waals surface area contributed by atoms with Crippen molar-refractivity contribution in [3.8, 4) is 5.75 Å². The smallest absolute Gasteiger partial charge is 0.352 e. The first-order chi connectivity index (χ1) is 22.4. The van der Waals surface area contributed by atoms with Crippen molar-refractivity contribution in [3.05, 3.63) is 75.9 Å². The molecule has 2 aromatic carbocycles. The van der Waals surface area contributed by atoms with Crippen LogP contribution in [0.4, 0.5) is 5.69 Å². The summed E-state index contributed by atoms with van der Waals surface area (Å²) in [7, 11) is 0. The molecule has 2 aliphatic rings. The summed E-state index contributed by atoms with van der Waals surface area (Å²) in [4.78, 5) is 77.5. The van der Waals surface area contributed by atoms with E-state index in [1.165, 1.54) is 64.9 Å².